The van der Waals surface area contributed by atoms with Gasteiger partial charge < -0.3 is 15.7 Å². The van der Waals surface area contributed by atoms with Gasteiger partial charge in [-0.15, -0.1) is 0 Å². The quantitative estimate of drug-likeness (QED) is 0.691. The molecule has 0 aliphatic carbocycles. The van der Waals surface area contributed by atoms with E-state index in [0.717, 1.165) is 12.8 Å². The Hall–Kier alpha value is -1.10. The van der Waals surface area contributed by atoms with Crippen LogP contribution in [-0.4, -0.2) is 29.7 Å². The van der Waals surface area contributed by atoms with E-state index in [1.807, 2.05) is 13.8 Å². The Morgan fingerprint density at radius 3 is 2.85 bits per heavy atom. The standard InChI is InChI=1S/C15H23ClN2O2/c1-3-5-14(19)10-17-11(2)8-15(20)18-13-7-4-6-12(16)9-13/h4,6-7,9,11,14,17,19H,3,5,8,10H2,1-2H3,(H,18,20). The molecule has 2 atom stereocenters. The van der Waals surface area contributed by atoms with Crippen LogP contribution in [0.4, 0.5) is 5.69 Å². The molecule has 2 unspecified atom stereocenters. The van der Waals surface area contributed by atoms with E-state index in [-0.39, 0.29) is 18.1 Å². The summed E-state index contributed by atoms with van der Waals surface area (Å²) < 4.78 is 0. The first-order valence-electron chi connectivity index (χ1n) is 6.98. The highest BCUT2D eigenvalue weighted by atomic mass is 35.5. The van der Waals surface area contributed by atoms with Gasteiger partial charge in [0.1, 0.15) is 0 Å². The van der Waals surface area contributed by atoms with Crippen LogP contribution in [-0.2, 0) is 4.79 Å². The third kappa shape index (κ3) is 6.89. The molecule has 1 amide bonds. The van der Waals surface area contributed by atoms with Crippen LogP contribution in [0.15, 0.2) is 24.3 Å². The molecule has 5 heteroatoms. The Labute approximate surface area is 125 Å². The maximum absolute atomic E-state index is 11.8. The molecule has 0 fully saturated rings. The zero-order chi connectivity index (χ0) is 15.0. The number of nitrogens with one attached hydrogen (secondary N) is 2. The predicted octanol–water partition coefficient (Wildman–Crippen LogP) is 2.81. The van der Waals surface area contributed by atoms with Crippen molar-refractivity contribution in [2.75, 3.05) is 11.9 Å². The summed E-state index contributed by atoms with van der Waals surface area (Å²) in [4.78, 5) is 11.8. The normalized spacial score (nSPS) is 13.8. The van der Waals surface area contributed by atoms with E-state index in [9.17, 15) is 9.90 Å². The van der Waals surface area contributed by atoms with Gasteiger partial charge in [-0.1, -0.05) is 31.0 Å². The summed E-state index contributed by atoms with van der Waals surface area (Å²) in [5.41, 5.74) is 0.695. The van der Waals surface area contributed by atoms with E-state index in [0.29, 0.717) is 23.7 Å². The summed E-state index contributed by atoms with van der Waals surface area (Å²) in [5.74, 6) is -0.0720. The highest BCUT2D eigenvalue weighted by Gasteiger charge is 2.11. The zero-order valence-electron chi connectivity index (χ0n) is 12.0. The minimum atomic E-state index is -0.349. The summed E-state index contributed by atoms with van der Waals surface area (Å²) >= 11 is 5.86. The number of carbonyl (C=O) groups excluding carboxylic acids is 1. The average molecular weight is 299 g/mol. The number of benzene rings is 1. The molecule has 0 saturated heterocycles. The van der Waals surface area contributed by atoms with E-state index in [1.54, 1.807) is 24.3 Å². The lowest BCUT2D eigenvalue weighted by atomic mass is 10.1. The summed E-state index contributed by atoms with van der Waals surface area (Å²) in [6.45, 7) is 4.47. The molecule has 0 bridgehead atoms. The third-order valence-electron chi connectivity index (χ3n) is 2.92. The Kier molecular flexibility index (Phi) is 7.59. The number of hydrogen-bond acceptors (Lipinski definition) is 3. The molecule has 1 aromatic carbocycles. The highest BCUT2D eigenvalue weighted by molar-refractivity contribution is 6.30. The monoisotopic (exact) mass is 298 g/mol. The van der Waals surface area contributed by atoms with Gasteiger partial charge in [-0.25, -0.2) is 0 Å². The van der Waals surface area contributed by atoms with Crippen LogP contribution in [0.5, 0.6) is 0 Å². The van der Waals surface area contributed by atoms with Gasteiger partial charge in [0, 0.05) is 29.7 Å². The Balaban J connectivity index is 2.31. The molecule has 0 radical (unpaired) electrons. The molecule has 0 heterocycles. The van der Waals surface area contributed by atoms with Crippen molar-refractivity contribution in [3.8, 4) is 0 Å². The first kappa shape index (κ1) is 17.0. The number of carbonyl (C=O) groups is 1. The second-order valence-corrected chi connectivity index (χ2v) is 5.45. The molecule has 0 aliphatic rings. The summed E-state index contributed by atoms with van der Waals surface area (Å²) in [6.07, 6.45) is 1.73. The molecular formula is C15H23ClN2O2. The SMILES string of the molecule is CCCC(O)CNC(C)CC(=O)Nc1cccc(Cl)c1. The maximum Gasteiger partial charge on any atom is 0.225 e. The van der Waals surface area contributed by atoms with Gasteiger partial charge in [0.05, 0.1) is 6.10 Å². The third-order valence-corrected chi connectivity index (χ3v) is 3.16. The Morgan fingerprint density at radius 1 is 1.45 bits per heavy atom. The lowest BCUT2D eigenvalue weighted by Gasteiger charge is -2.16. The van der Waals surface area contributed by atoms with Crippen LogP contribution in [0.2, 0.25) is 5.02 Å². The first-order chi connectivity index (χ1) is 9.51. The van der Waals surface area contributed by atoms with E-state index in [1.165, 1.54) is 0 Å². The average Bonchev–Trinajstić information content (AvgIpc) is 2.36. The highest BCUT2D eigenvalue weighted by Crippen LogP contribution is 2.15. The fraction of sp³-hybridized carbons (Fsp3) is 0.533. The molecule has 0 spiro atoms. The van der Waals surface area contributed by atoms with Crippen molar-refractivity contribution in [3.05, 3.63) is 29.3 Å². The van der Waals surface area contributed by atoms with E-state index in [4.69, 9.17) is 11.6 Å². The van der Waals surface area contributed by atoms with Gasteiger partial charge in [0.2, 0.25) is 5.91 Å². The second kappa shape index (κ2) is 8.95. The van der Waals surface area contributed by atoms with E-state index < -0.39 is 0 Å². The fourth-order valence-electron chi connectivity index (χ4n) is 1.90. The van der Waals surface area contributed by atoms with Gasteiger partial charge in [-0.2, -0.15) is 0 Å². The minimum Gasteiger partial charge on any atom is -0.392 e. The summed E-state index contributed by atoms with van der Waals surface area (Å²) in [5, 5.41) is 16.2. The van der Waals surface area contributed by atoms with Crippen LogP contribution in [0.1, 0.15) is 33.1 Å². The zero-order valence-corrected chi connectivity index (χ0v) is 12.8. The van der Waals surface area contributed by atoms with Crippen molar-refractivity contribution in [1.82, 2.24) is 5.32 Å². The number of rotatable bonds is 8. The van der Waals surface area contributed by atoms with E-state index in [2.05, 4.69) is 10.6 Å². The van der Waals surface area contributed by atoms with Gasteiger partial charge >= 0.3 is 0 Å². The van der Waals surface area contributed by atoms with Crippen LogP contribution >= 0.6 is 11.6 Å². The fourth-order valence-corrected chi connectivity index (χ4v) is 2.09. The largest absolute Gasteiger partial charge is 0.392 e. The second-order valence-electron chi connectivity index (χ2n) is 5.01. The van der Waals surface area contributed by atoms with Crippen molar-refractivity contribution in [2.24, 2.45) is 0 Å². The van der Waals surface area contributed by atoms with Gasteiger partial charge in [-0.3, -0.25) is 4.79 Å². The maximum atomic E-state index is 11.8. The minimum absolute atomic E-state index is 0.0145. The lowest BCUT2D eigenvalue weighted by molar-refractivity contribution is -0.116. The molecular weight excluding hydrogens is 276 g/mol. The van der Waals surface area contributed by atoms with Crippen LogP contribution in [0.25, 0.3) is 0 Å². The molecule has 0 aliphatic heterocycles. The number of aliphatic hydroxyl groups is 1. The Morgan fingerprint density at radius 2 is 2.20 bits per heavy atom. The number of hydrogen-bond donors (Lipinski definition) is 3. The summed E-state index contributed by atoms with van der Waals surface area (Å²) in [6, 6.07) is 7.08. The molecule has 0 aromatic heterocycles. The van der Waals surface area contributed by atoms with E-state index >= 15 is 0 Å². The summed E-state index contributed by atoms with van der Waals surface area (Å²) in [7, 11) is 0. The lowest BCUT2D eigenvalue weighted by Crippen LogP contribution is -2.36. The number of amides is 1. The van der Waals surface area contributed by atoms with Gasteiger partial charge in [0.25, 0.3) is 0 Å². The number of anilines is 1. The van der Waals surface area contributed by atoms with Crippen molar-refractivity contribution in [2.45, 2.75) is 45.3 Å². The topological polar surface area (TPSA) is 61.4 Å². The predicted molar refractivity (Wildman–Crippen MR) is 83.1 cm³/mol. The van der Waals surface area contributed by atoms with Crippen LogP contribution in [0, 0.1) is 0 Å². The van der Waals surface area contributed by atoms with Gasteiger partial charge in [0.15, 0.2) is 0 Å². The van der Waals surface area contributed by atoms with Crippen LogP contribution < -0.4 is 10.6 Å². The van der Waals surface area contributed by atoms with Crippen LogP contribution in [0.3, 0.4) is 0 Å². The van der Waals surface area contributed by atoms with Crippen molar-refractivity contribution < 1.29 is 9.90 Å². The molecule has 3 N–H and O–H groups in total. The van der Waals surface area contributed by atoms with Crippen molar-refractivity contribution >= 4 is 23.2 Å². The first-order valence-corrected chi connectivity index (χ1v) is 7.36. The smallest absolute Gasteiger partial charge is 0.225 e. The van der Waals surface area contributed by atoms with Crippen molar-refractivity contribution in [1.29, 1.82) is 0 Å². The number of halogens is 1. The van der Waals surface area contributed by atoms with Crippen molar-refractivity contribution in [3.63, 3.8) is 0 Å². The van der Waals surface area contributed by atoms with Gasteiger partial charge in [-0.05, 0) is 31.5 Å². The molecule has 1 rings (SSSR count). The number of aliphatic hydroxyl groups excluding tert-OH is 1. The Bertz CT molecular complexity index is 426. The molecule has 0 saturated carbocycles. The molecule has 4 nitrogen and oxygen atoms in total. The molecule has 1 aromatic rings. The molecule has 20 heavy (non-hydrogen) atoms. The molecule has 112 valence electrons.